The highest BCUT2D eigenvalue weighted by Crippen LogP contribution is 2.40. The fourth-order valence-electron chi connectivity index (χ4n) is 5.20. The number of nitrogens with zero attached hydrogens (tertiary/aromatic N) is 5. The first kappa shape index (κ1) is 22.6. The molecule has 0 saturated carbocycles. The lowest BCUT2D eigenvalue weighted by Crippen LogP contribution is -2.62. The summed E-state index contributed by atoms with van der Waals surface area (Å²) < 4.78 is 21.3. The van der Waals surface area contributed by atoms with E-state index in [9.17, 15) is 14.4 Å². The maximum absolute atomic E-state index is 13.7. The van der Waals surface area contributed by atoms with E-state index in [-0.39, 0.29) is 34.5 Å². The number of pyridine rings is 2. The molecule has 0 amide bonds. The van der Waals surface area contributed by atoms with Gasteiger partial charge in [-0.3, -0.25) is 9.69 Å². The molecule has 7 nitrogen and oxygen atoms in total. The molecule has 0 spiro atoms. The number of halogens is 2. The van der Waals surface area contributed by atoms with Crippen LogP contribution in [0, 0.1) is 17.1 Å². The summed E-state index contributed by atoms with van der Waals surface area (Å²) in [6, 6.07) is 10.6. The Labute approximate surface area is 201 Å². The van der Waals surface area contributed by atoms with Gasteiger partial charge in [-0.1, -0.05) is 24.6 Å². The number of hydrogen-bond acceptors (Lipinski definition) is 6. The van der Waals surface area contributed by atoms with Crippen molar-refractivity contribution in [3.63, 3.8) is 0 Å². The highest BCUT2D eigenvalue weighted by atomic mass is 35.5. The van der Waals surface area contributed by atoms with Crippen LogP contribution in [-0.2, 0) is 7.05 Å². The van der Waals surface area contributed by atoms with E-state index in [2.05, 4.69) is 34.7 Å². The number of benzene rings is 1. The number of aromatic nitrogens is 2. The van der Waals surface area contributed by atoms with Gasteiger partial charge in [0.05, 0.1) is 16.6 Å². The molecule has 3 aromatic rings. The van der Waals surface area contributed by atoms with E-state index >= 15 is 0 Å². The molecule has 2 aromatic heterocycles. The summed E-state index contributed by atoms with van der Waals surface area (Å²) in [5.41, 5.74) is 2.97. The Kier molecular flexibility index (Phi) is 5.70. The van der Waals surface area contributed by atoms with Crippen molar-refractivity contribution in [1.29, 1.82) is 5.26 Å². The predicted octanol–water partition coefficient (Wildman–Crippen LogP) is 4.02. The minimum atomic E-state index is -0.426. The number of aryl methyl sites for hydroxylation is 1. The third kappa shape index (κ3) is 3.51. The molecule has 1 saturated heterocycles. The maximum Gasteiger partial charge on any atom is 0.295 e. The molecule has 2 aliphatic rings. The Bertz CT molecular complexity index is 1380. The van der Waals surface area contributed by atoms with Crippen LogP contribution in [0.15, 0.2) is 35.1 Å². The Morgan fingerprint density at radius 2 is 2.12 bits per heavy atom. The molecule has 0 bridgehead atoms. The van der Waals surface area contributed by atoms with Crippen molar-refractivity contribution in [3.8, 4) is 11.8 Å². The van der Waals surface area contributed by atoms with Crippen LogP contribution in [0.25, 0.3) is 11.0 Å². The van der Waals surface area contributed by atoms with Gasteiger partial charge >= 0.3 is 0 Å². The molecular formula is C25H25ClFN5O2. The van der Waals surface area contributed by atoms with E-state index in [0.29, 0.717) is 42.1 Å². The first-order chi connectivity index (χ1) is 16.3. The lowest BCUT2D eigenvalue weighted by molar-refractivity contribution is 0.0811. The van der Waals surface area contributed by atoms with Crippen molar-refractivity contribution in [1.82, 2.24) is 14.5 Å². The summed E-state index contributed by atoms with van der Waals surface area (Å²) in [5, 5.41) is 9.53. The van der Waals surface area contributed by atoms with Crippen LogP contribution in [-0.4, -0.2) is 46.2 Å². The first-order valence-corrected chi connectivity index (χ1v) is 11.8. The second kappa shape index (κ2) is 8.57. The van der Waals surface area contributed by atoms with E-state index in [4.69, 9.17) is 16.3 Å². The topological polar surface area (TPSA) is 74.4 Å². The smallest absolute Gasteiger partial charge is 0.295 e. The predicted molar refractivity (Wildman–Crippen MR) is 129 cm³/mol. The molecule has 2 aliphatic heterocycles. The summed E-state index contributed by atoms with van der Waals surface area (Å²) in [5.74, 6) is -0.139. The summed E-state index contributed by atoms with van der Waals surface area (Å²) in [7, 11) is 1.69. The Balaban J connectivity index is 1.57. The SMILES string of the molecule is CC[C@@H]1CN2c3c(c(=O)n(C)c4ccc(C#N)nc34)OC[C@@H]2CN1C(C)c1ccc(F)c(Cl)c1. The highest BCUT2D eigenvalue weighted by Gasteiger charge is 2.41. The summed E-state index contributed by atoms with van der Waals surface area (Å²) >= 11 is 6.06. The minimum Gasteiger partial charge on any atom is -0.484 e. The van der Waals surface area contributed by atoms with Gasteiger partial charge in [0.15, 0.2) is 0 Å². The van der Waals surface area contributed by atoms with Crippen LogP contribution in [0.1, 0.15) is 37.6 Å². The molecule has 34 heavy (non-hydrogen) atoms. The van der Waals surface area contributed by atoms with E-state index < -0.39 is 5.82 Å². The number of hydrogen-bond donors (Lipinski definition) is 0. The van der Waals surface area contributed by atoms with Crippen molar-refractivity contribution in [2.75, 3.05) is 24.6 Å². The van der Waals surface area contributed by atoms with Gasteiger partial charge in [-0.15, -0.1) is 0 Å². The first-order valence-electron chi connectivity index (χ1n) is 11.4. The Hall–Kier alpha value is -3.15. The average molecular weight is 482 g/mol. The fraction of sp³-hybridized carbons (Fsp3) is 0.400. The van der Waals surface area contributed by atoms with E-state index in [0.717, 1.165) is 12.0 Å². The molecule has 0 radical (unpaired) electrons. The van der Waals surface area contributed by atoms with E-state index in [1.807, 2.05) is 0 Å². The van der Waals surface area contributed by atoms with Gasteiger partial charge in [-0.25, -0.2) is 9.37 Å². The maximum atomic E-state index is 13.7. The lowest BCUT2D eigenvalue weighted by atomic mass is 9.97. The van der Waals surface area contributed by atoms with Crippen LogP contribution in [0.4, 0.5) is 10.1 Å². The molecule has 5 rings (SSSR count). The second-order valence-electron chi connectivity index (χ2n) is 8.94. The van der Waals surface area contributed by atoms with Crippen LogP contribution in [0.3, 0.4) is 0 Å². The Morgan fingerprint density at radius 1 is 1.32 bits per heavy atom. The minimum absolute atomic E-state index is 0.00322. The van der Waals surface area contributed by atoms with Crippen LogP contribution >= 0.6 is 11.6 Å². The van der Waals surface area contributed by atoms with Crippen LogP contribution in [0.5, 0.6) is 5.75 Å². The lowest BCUT2D eigenvalue weighted by Gasteiger charge is -2.51. The zero-order valence-electron chi connectivity index (χ0n) is 19.3. The molecule has 1 fully saturated rings. The van der Waals surface area contributed by atoms with Gasteiger partial charge in [0.2, 0.25) is 5.75 Å². The van der Waals surface area contributed by atoms with E-state index in [1.165, 1.54) is 10.6 Å². The molecule has 4 heterocycles. The van der Waals surface area contributed by atoms with Crippen LogP contribution < -0.4 is 15.2 Å². The summed E-state index contributed by atoms with van der Waals surface area (Å²) in [4.78, 5) is 22.3. The zero-order chi connectivity index (χ0) is 24.1. The molecule has 176 valence electrons. The fourth-order valence-corrected chi connectivity index (χ4v) is 5.38. The third-order valence-electron chi connectivity index (χ3n) is 7.13. The molecule has 3 atom stereocenters. The van der Waals surface area contributed by atoms with Crippen molar-refractivity contribution in [2.45, 2.75) is 38.4 Å². The average Bonchev–Trinajstić information content (AvgIpc) is 2.86. The van der Waals surface area contributed by atoms with Crippen LogP contribution in [0.2, 0.25) is 5.02 Å². The molecular weight excluding hydrogens is 457 g/mol. The number of nitriles is 1. The van der Waals surface area contributed by atoms with Crippen molar-refractivity contribution < 1.29 is 9.13 Å². The van der Waals surface area contributed by atoms with Gasteiger partial charge < -0.3 is 14.2 Å². The van der Waals surface area contributed by atoms with Gasteiger partial charge in [-0.2, -0.15) is 5.26 Å². The quantitative estimate of drug-likeness (QED) is 0.562. The van der Waals surface area contributed by atoms with Gasteiger partial charge in [0.25, 0.3) is 5.56 Å². The largest absolute Gasteiger partial charge is 0.484 e. The number of anilines is 1. The van der Waals surface area contributed by atoms with Gasteiger partial charge in [0.1, 0.15) is 35.4 Å². The molecule has 9 heteroatoms. The van der Waals surface area contributed by atoms with E-state index in [1.54, 1.807) is 31.3 Å². The van der Waals surface area contributed by atoms with Crippen molar-refractivity contribution in [3.05, 3.63) is 62.8 Å². The molecule has 1 unspecified atom stereocenters. The standard InChI is InChI=1S/C25H25ClFN5O2/c1-4-17-11-32-18(12-31(17)14(2)15-5-7-20(27)19(26)9-15)13-34-24-23(32)22-21(30(3)25(24)33)8-6-16(10-28)29-22/h5-9,14,17-18H,4,11-13H2,1-3H3/t14?,17-,18+/m1/s1. The monoisotopic (exact) mass is 481 g/mol. The Morgan fingerprint density at radius 3 is 2.82 bits per heavy atom. The van der Waals surface area contributed by atoms with Gasteiger partial charge in [-0.05, 0) is 43.2 Å². The highest BCUT2D eigenvalue weighted by molar-refractivity contribution is 6.30. The normalized spacial score (nSPS) is 20.9. The summed E-state index contributed by atoms with van der Waals surface area (Å²) in [6.07, 6.45) is 0.887. The van der Waals surface area contributed by atoms with Crippen molar-refractivity contribution in [2.24, 2.45) is 7.05 Å². The molecule has 0 N–H and O–H groups in total. The molecule has 0 aliphatic carbocycles. The van der Waals surface area contributed by atoms with Crippen molar-refractivity contribution >= 4 is 28.3 Å². The number of fused-ring (bicyclic) bond motifs is 5. The summed E-state index contributed by atoms with van der Waals surface area (Å²) in [6.45, 7) is 5.99. The zero-order valence-corrected chi connectivity index (χ0v) is 20.0. The molecule has 1 aromatic carbocycles. The second-order valence-corrected chi connectivity index (χ2v) is 9.35. The third-order valence-corrected chi connectivity index (χ3v) is 7.42. The number of piperazine rings is 1. The number of rotatable bonds is 3. The van der Waals surface area contributed by atoms with Gasteiger partial charge in [0, 0.05) is 32.2 Å². The number of ether oxygens (including phenoxy) is 1.